The van der Waals surface area contributed by atoms with Crippen molar-refractivity contribution in [3.05, 3.63) is 29.8 Å². The van der Waals surface area contributed by atoms with Gasteiger partial charge in [-0.15, -0.1) is 0 Å². The number of halogens is 2. The Labute approximate surface area is 66.5 Å². The van der Waals surface area contributed by atoms with Gasteiger partial charge in [0.1, 0.15) is 0 Å². The van der Waals surface area contributed by atoms with Gasteiger partial charge in [0.25, 0.3) is 0 Å². The summed E-state index contributed by atoms with van der Waals surface area (Å²) < 4.78 is 25.0. The van der Waals surface area contributed by atoms with Crippen molar-refractivity contribution in [1.82, 2.24) is 0 Å². The van der Waals surface area contributed by atoms with Crippen molar-refractivity contribution in [3.8, 4) is 0 Å². The van der Waals surface area contributed by atoms with Crippen LogP contribution in [0.2, 0.25) is 13.1 Å². The fourth-order valence-corrected chi connectivity index (χ4v) is 1.64. The van der Waals surface area contributed by atoms with E-state index in [9.17, 15) is 8.78 Å². The van der Waals surface area contributed by atoms with E-state index in [2.05, 4.69) is 0 Å². The fourth-order valence-electron chi connectivity index (χ4n) is 0.807. The maximum atomic E-state index is 12.6. The summed E-state index contributed by atoms with van der Waals surface area (Å²) in [6.45, 7) is 4.08. The summed E-state index contributed by atoms with van der Waals surface area (Å²) in [5.41, 5.74) is 0. The standard InChI is InChI=1S/C8H9F2Si/c1-11(2)6-3-4-7(9)8(10)5-6/h3-5H,1-2H3. The van der Waals surface area contributed by atoms with E-state index in [1.54, 1.807) is 6.07 Å². The lowest BCUT2D eigenvalue weighted by atomic mass is 10.3. The smallest absolute Gasteiger partial charge is 0.158 e. The van der Waals surface area contributed by atoms with Gasteiger partial charge in [-0.05, 0) is 12.1 Å². The summed E-state index contributed by atoms with van der Waals surface area (Å²) in [6, 6.07) is 4.11. The zero-order valence-corrected chi connectivity index (χ0v) is 7.49. The molecule has 0 aromatic heterocycles. The highest BCUT2D eigenvalue weighted by Gasteiger charge is 2.05. The van der Waals surface area contributed by atoms with Crippen molar-refractivity contribution in [2.45, 2.75) is 13.1 Å². The summed E-state index contributed by atoms with van der Waals surface area (Å²) >= 11 is 0. The first-order valence-corrected chi connectivity index (χ1v) is 5.87. The van der Waals surface area contributed by atoms with Crippen molar-refractivity contribution in [1.29, 1.82) is 0 Å². The van der Waals surface area contributed by atoms with Gasteiger partial charge in [0.05, 0.1) is 8.80 Å². The molecule has 11 heavy (non-hydrogen) atoms. The van der Waals surface area contributed by atoms with Crippen LogP contribution in [0.4, 0.5) is 8.78 Å². The first kappa shape index (κ1) is 8.39. The van der Waals surface area contributed by atoms with Gasteiger partial charge in [0, 0.05) is 0 Å². The number of hydrogen-bond acceptors (Lipinski definition) is 0. The van der Waals surface area contributed by atoms with Gasteiger partial charge in [-0.1, -0.05) is 24.3 Å². The van der Waals surface area contributed by atoms with Crippen molar-refractivity contribution in [2.75, 3.05) is 0 Å². The molecule has 0 N–H and O–H groups in total. The second-order valence-electron chi connectivity index (χ2n) is 2.63. The zero-order valence-electron chi connectivity index (χ0n) is 6.49. The minimum absolute atomic E-state index is 0.658. The Balaban J connectivity index is 3.05. The predicted octanol–water partition coefficient (Wildman–Crippen LogP) is 1.93. The van der Waals surface area contributed by atoms with E-state index >= 15 is 0 Å². The van der Waals surface area contributed by atoms with Gasteiger partial charge in [0.2, 0.25) is 0 Å². The van der Waals surface area contributed by atoms with Crippen molar-refractivity contribution >= 4 is 14.0 Å². The molecule has 0 aliphatic rings. The molecule has 1 rings (SSSR count). The van der Waals surface area contributed by atoms with Crippen LogP contribution in [0.1, 0.15) is 0 Å². The van der Waals surface area contributed by atoms with Crippen LogP contribution >= 0.6 is 0 Å². The molecule has 1 aromatic rings. The summed E-state index contributed by atoms with van der Waals surface area (Å²) in [7, 11) is -0.658. The molecule has 3 heteroatoms. The van der Waals surface area contributed by atoms with Crippen LogP contribution in [0, 0.1) is 11.6 Å². The minimum Gasteiger partial charge on any atom is -0.204 e. The Morgan fingerprint density at radius 2 is 1.73 bits per heavy atom. The molecule has 0 aliphatic heterocycles. The van der Waals surface area contributed by atoms with Gasteiger partial charge in [-0.2, -0.15) is 0 Å². The van der Waals surface area contributed by atoms with E-state index in [1.807, 2.05) is 13.1 Å². The predicted molar refractivity (Wildman–Crippen MR) is 43.5 cm³/mol. The summed E-state index contributed by atoms with van der Waals surface area (Å²) in [4.78, 5) is 0. The maximum Gasteiger partial charge on any atom is 0.158 e. The van der Waals surface area contributed by atoms with Crippen LogP contribution in [0.15, 0.2) is 18.2 Å². The Hall–Kier alpha value is -0.703. The third kappa shape index (κ3) is 1.86. The summed E-state index contributed by atoms with van der Waals surface area (Å²) in [5.74, 6) is -1.51. The third-order valence-corrected chi connectivity index (χ3v) is 2.96. The van der Waals surface area contributed by atoms with Crippen LogP contribution in [-0.4, -0.2) is 8.80 Å². The average molecular weight is 171 g/mol. The SMILES string of the molecule is C[Si](C)c1ccc(F)c(F)c1. The molecular formula is C8H9F2Si. The maximum absolute atomic E-state index is 12.6. The normalized spacial score (nSPS) is 10.6. The molecular weight excluding hydrogens is 162 g/mol. The van der Waals surface area contributed by atoms with E-state index in [0.29, 0.717) is 0 Å². The third-order valence-electron chi connectivity index (χ3n) is 1.50. The van der Waals surface area contributed by atoms with Crippen molar-refractivity contribution in [2.24, 2.45) is 0 Å². The molecule has 0 atom stereocenters. The first-order valence-electron chi connectivity index (χ1n) is 3.37. The molecule has 0 nitrogen and oxygen atoms in total. The van der Waals surface area contributed by atoms with E-state index in [1.165, 1.54) is 12.1 Å². The van der Waals surface area contributed by atoms with Crippen LogP contribution < -0.4 is 5.19 Å². The largest absolute Gasteiger partial charge is 0.204 e. The summed E-state index contributed by atoms with van der Waals surface area (Å²) in [5, 5.41) is 0.925. The van der Waals surface area contributed by atoms with E-state index < -0.39 is 20.4 Å². The fraction of sp³-hybridized carbons (Fsp3) is 0.250. The zero-order chi connectivity index (χ0) is 8.43. The molecule has 0 fully saturated rings. The van der Waals surface area contributed by atoms with E-state index in [4.69, 9.17) is 0 Å². The molecule has 0 heterocycles. The molecule has 0 saturated heterocycles. The molecule has 0 aliphatic carbocycles. The second-order valence-corrected chi connectivity index (χ2v) is 5.21. The lowest BCUT2D eigenvalue weighted by Crippen LogP contribution is -2.22. The van der Waals surface area contributed by atoms with Crippen LogP contribution in [-0.2, 0) is 0 Å². The van der Waals surface area contributed by atoms with E-state index in [0.717, 1.165) is 5.19 Å². The highest BCUT2D eigenvalue weighted by Crippen LogP contribution is 2.02. The highest BCUT2D eigenvalue weighted by molar-refractivity contribution is 6.70. The highest BCUT2D eigenvalue weighted by atomic mass is 28.3. The average Bonchev–Trinajstić information content (AvgIpc) is 1.94. The monoisotopic (exact) mass is 171 g/mol. The van der Waals surface area contributed by atoms with Crippen molar-refractivity contribution in [3.63, 3.8) is 0 Å². The van der Waals surface area contributed by atoms with Gasteiger partial charge in [0.15, 0.2) is 11.6 Å². The lowest BCUT2D eigenvalue weighted by Gasteiger charge is -2.02. The number of hydrogen-bond donors (Lipinski definition) is 0. The lowest BCUT2D eigenvalue weighted by molar-refractivity contribution is 0.509. The van der Waals surface area contributed by atoms with Gasteiger partial charge in [-0.3, -0.25) is 0 Å². The molecule has 1 aromatic carbocycles. The first-order chi connectivity index (χ1) is 5.11. The second kappa shape index (κ2) is 3.13. The van der Waals surface area contributed by atoms with E-state index in [-0.39, 0.29) is 0 Å². The van der Waals surface area contributed by atoms with Crippen LogP contribution in [0.3, 0.4) is 0 Å². The van der Waals surface area contributed by atoms with Gasteiger partial charge >= 0.3 is 0 Å². The molecule has 0 bridgehead atoms. The van der Waals surface area contributed by atoms with Crippen molar-refractivity contribution < 1.29 is 8.78 Å². The molecule has 59 valence electrons. The van der Waals surface area contributed by atoms with Crippen LogP contribution in [0.5, 0.6) is 0 Å². The molecule has 0 spiro atoms. The molecule has 0 unspecified atom stereocenters. The Kier molecular flexibility index (Phi) is 2.39. The molecule has 0 amide bonds. The number of rotatable bonds is 1. The number of benzene rings is 1. The van der Waals surface area contributed by atoms with Gasteiger partial charge in [-0.25, -0.2) is 8.78 Å². The minimum atomic E-state index is -0.767. The topological polar surface area (TPSA) is 0 Å². The Morgan fingerprint density at radius 1 is 1.09 bits per heavy atom. The Morgan fingerprint density at radius 3 is 2.18 bits per heavy atom. The Bertz CT molecular complexity index is 258. The van der Waals surface area contributed by atoms with Crippen LogP contribution in [0.25, 0.3) is 0 Å². The molecule has 1 radical (unpaired) electrons. The quantitative estimate of drug-likeness (QED) is 0.566. The molecule has 0 saturated carbocycles. The summed E-state index contributed by atoms with van der Waals surface area (Å²) in [6.07, 6.45) is 0. The van der Waals surface area contributed by atoms with Gasteiger partial charge < -0.3 is 0 Å².